The van der Waals surface area contributed by atoms with Crippen LogP contribution in [0.15, 0.2) is 17.5 Å². The molecular weight excluding hydrogens is 218 g/mol. The Morgan fingerprint density at radius 3 is 2.94 bits per heavy atom. The van der Waals surface area contributed by atoms with E-state index in [-0.39, 0.29) is 5.91 Å². The number of thiophene rings is 1. The van der Waals surface area contributed by atoms with Crippen molar-refractivity contribution in [2.45, 2.75) is 39.2 Å². The summed E-state index contributed by atoms with van der Waals surface area (Å²) < 4.78 is 0. The molecule has 0 aliphatic heterocycles. The molecule has 16 heavy (non-hydrogen) atoms. The first-order valence-electron chi connectivity index (χ1n) is 6.03. The lowest BCUT2D eigenvalue weighted by Crippen LogP contribution is -2.43. The number of hydrogen-bond acceptors (Lipinski definition) is 2. The highest BCUT2D eigenvalue weighted by Gasteiger charge is 2.28. The minimum absolute atomic E-state index is 0.0981. The number of carbonyl (C=O) groups is 1. The predicted molar refractivity (Wildman–Crippen MR) is 67.8 cm³/mol. The third-order valence-corrected chi connectivity index (χ3v) is 4.64. The molecule has 0 unspecified atom stereocenters. The topological polar surface area (TPSA) is 29.1 Å². The summed E-state index contributed by atoms with van der Waals surface area (Å²) in [4.78, 5) is 12.8. The number of rotatable bonds is 2. The monoisotopic (exact) mass is 237 g/mol. The van der Waals surface area contributed by atoms with E-state index in [1.807, 2.05) is 17.5 Å². The first-order chi connectivity index (χ1) is 7.68. The first-order valence-corrected chi connectivity index (χ1v) is 6.91. The van der Waals surface area contributed by atoms with Crippen molar-refractivity contribution in [1.82, 2.24) is 5.32 Å². The van der Waals surface area contributed by atoms with Crippen LogP contribution in [0, 0.1) is 11.8 Å². The fraction of sp³-hybridized carbons (Fsp3) is 0.615. The van der Waals surface area contributed by atoms with Crippen LogP contribution >= 0.6 is 11.3 Å². The molecule has 3 heteroatoms. The Morgan fingerprint density at radius 2 is 2.25 bits per heavy atom. The zero-order chi connectivity index (χ0) is 11.5. The summed E-state index contributed by atoms with van der Waals surface area (Å²) in [6.45, 7) is 4.54. The molecule has 1 saturated carbocycles. The third-order valence-electron chi connectivity index (χ3n) is 3.77. The normalized spacial score (nSPS) is 30.0. The van der Waals surface area contributed by atoms with Gasteiger partial charge in [-0.1, -0.05) is 32.8 Å². The molecule has 1 aromatic heterocycles. The highest BCUT2D eigenvalue weighted by atomic mass is 32.1. The van der Waals surface area contributed by atoms with Crippen LogP contribution in [0.4, 0.5) is 0 Å². The smallest absolute Gasteiger partial charge is 0.261 e. The molecule has 1 heterocycles. The molecule has 2 rings (SSSR count). The van der Waals surface area contributed by atoms with Gasteiger partial charge in [0.05, 0.1) is 4.88 Å². The Kier molecular flexibility index (Phi) is 3.64. The maximum absolute atomic E-state index is 11.9. The second kappa shape index (κ2) is 5.00. The molecule has 0 spiro atoms. The lowest BCUT2D eigenvalue weighted by molar-refractivity contribution is 0.0895. The molecule has 0 saturated heterocycles. The van der Waals surface area contributed by atoms with Crippen molar-refractivity contribution in [3.63, 3.8) is 0 Å². The molecule has 1 aromatic rings. The SMILES string of the molecule is C[C@H]1[C@H](C)CCC[C@H]1NC(=O)c1cccs1. The largest absolute Gasteiger partial charge is 0.348 e. The van der Waals surface area contributed by atoms with Crippen molar-refractivity contribution in [3.8, 4) is 0 Å². The van der Waals surface area contributed by atoms with E-state index in [0.717, 1.165) is 17.2 Å². The van der Waals surface area contributed by atoms with Crippen molar-refractivity contribution in [2.75, 3.05) is 0 Å². The van der Waals surface area contributed by atoms with Crippen LogP contribution in [0.1, 0.15) is 42.8 Å². The van der Waals surface area contributed by atoms with Gasteiger partial charge >= 0.3 is 0 Å². The summed E-state index contributed by atoms with van der Waals surface area (Å²) in [6.07, 6.45) is 3.66. The molecule has 1 N–H and O–H groups in total. The highest BCUT2D eigenvalue weighted by molar-refractivity contribution is 7.12. The third kappa shape index (κ3) is 2.46. The summed E-state index contributed by atoms with van der Waals surface area (Å²) in [5.74, 6) is 1.42. The fourth-order valence-electron chi connectivity index (χ4n) is 2.43. The van der Waals surface area contributed by atoms with E-state index in [1.165, 1.54) is 24.2 Å². The molecule has 0 radical (unpaired) electrons. The molecule has 0 bridgehead atoms. The molecule has 0 aromatic carbocycles. The van der Waals surface area contributed by atoms with Gasteiger partial charge in [-0.2, -0.15) is 0 Å². The van der Waals surface area contributed by atoms with E-state index in [1.54, 1.807) is 0 Å². The van der Waals surface area contributed by atoms with Gasteiger partial charge in [0.25, 0.3) is 5.91 Å². The van der Waals surface area contributed by atoms with Crippen LogP contribution in [0.5, 0.6) is 0 Å². The van der Waals surface area contributed by atoms with Gasteiger partial charge in [-0.05, 0) is 29.7 Å². The number of amides is 1. The summed E-state index contributed by atoms with van der Waals surface area (Å²) in [6, 6.07) is 4.17. The van der Waals surface area contributed by atoms with Crippen LogP contribution < -0.4 is 5.32 Å². The van der Waals surface area contributed by atoms with Crippen LogP contribution in [-0.2, 0) is 0 Å². The maximum Gasteiger partial charge on any atom is 0.261 e. The second-order valence-electron chi connectivity index (χ2n) is 4.82. The lowest BCUT2D eigenvalue weighted by atomic mass is 9.78. The average molecular weight is 237 g/mol. The van der Waals surface area contributed by atoms with Crippen molar-refractivity contribution in [2.24, 2.45) is 11.8 Å². The molecule has 1 fully saturated rings. The van der Waals surface area contributed by atoms with Gasteiger partial charge in [0.1, 0.15) is 0 Å². The Morgan fingerprint density at radius 1 is 1.44 bits per heavy atom. The van der Waals surface area contributed by atoms with Crippen molar-refractivity contribution in [1.29, 1.82) is 0 Å². The van der Waals surface area contributed by atoms with Gasteiger partial charge in [0, 0.05) is 6.04 Å². The van der Waals surface area contributed by atoms with E-state index in [4.69, 9.17) is 0 Å². The first kappa shape index (κ1) is 11.6. The van der Waals surface area contributed by atoms with E-state index < -0.39 is 0 Å². The molecule has 1 amide bonds. The zero-order valence-corrected chi connectivity index (χ0v) is 10.7. The standard InChI is InChI=1S/C13H19NOS/c1-9-5-3-6-11(10(9)2)14-13(15)12-7-4-8-16-12/h4,7-11H,3,5-6H2,1-2H3,(H,14,15)/t9-,10+,11-/m1/s1. The average Bonchev–Trinajstić information content (AvgIpc) is 2.78. The highest BCUT2D eigenvalue weighted by Crippen LogP contribution is 2.29. The van der Waals surface area contributed by atoms with Crippen molar-refractivity contribution < 1.29 is 4.79 Å². The quantitative estimate of drug-likeness (QED) is 0.840. The molecule has 1 aliphatic rings. The van der Waals surface area contributed by atoms with Gasteiger partial charge in [0.15, 0.2) is 0 Å². The summed E-state index contributed by atoms with van der Waals surface area (Å²) >= 11 is 1.51. The molecule has 1 aliphatic carbocycles. The van der Waals surface area contributed by atoms with E-state index in [0.29, 0.717) is 12.0 Å². The fourth-order valence-corrected chi connectivity index (χ4v) is 3.06. The Balaban J connectivity index is 1.96. The van der Waals surface area contributed by atoms with Gasteiger partial charge in [-0.3, -0.25) is 4.79 Å². The van der Waals surface area contributed by atoms with E-state index in [2.05, 4.69) is 19.2 Å². The molecule has 3 atom stereocenters. The summed E-state index contributed by atoms with van der Waals surface area (Å²) in [7, 11) is 0. The second-order valence-corrected chi connectivity index (χ2v) is 5.77. The minimum Gasteiger partial charge on any atom is -0.348 e. The van der Waals surface area contributed by atoms with Crippen molar-refractivity contribution in [3.05, 3.63) is 22.4 Å². The maximum atomic E-state index is 11.9. The zero-order valence-electron chi connectivity index (χ0n) is 9.90. The number of hydrogen-bond donors (Lipinski definition) is 1. The van der Waals surface area contributed by atoms with Gasteiger partial charge in [-0.25, -0.2) is 0 Å². The molecule has 88 valence electrons. The summed E-state index contributed by atoms with van der Waals surface area (Å²) in [5, 5.41) is 5.12. The predicted octanol–water partition coefficient (Wildman–Crippen LogP) is 3.30. The lowest BCUT2D eigenvalue weighted by Gasteiger charge is -2.34. The van der Waals surface area contributed by atoms with Gasteiger partial charge < -0.3 is 5.32 Å². The van der Waals surface area contributed by atoms with Crippen LogP contribution in [0.2, 0.25) is 0 Å². The Bertz CT molecular complexity index is 347. The van der Waals surface area contributed by atoms with Crippen LogP contribution in [0.25, 0.3) is 0 Å². The minimum atomic E-state index is 0.0981. The number of nitrogens with one attached hydrogen (secondary N) is 1. The van der Waals surface area contributed by atoms with Crippen LogP contribution in [0.3, 0.4) is 0 Å². The molecular formula is C13H19NOS. The van der Waals surface area contributed by atoms with Crippen molar-refractivity contribution >= 4 is 17.2 Å². The van der Waals surface area contributed by atoms with E-state index >= 15 is 0 Å². The molecule has 2 nitrogen and oxygen atoms in total. The summed E-state index contributed by atoms with van der Waals surface area (Å²) in [5.41, 5.74) is 0. The Labute approximate surface area is 101 Å². The van der Waals surface area contributed by atoms with Gasteiger partial charge in [-0.15, -0.1) is 11.3 Å². The van der Waals surface area contributed by atoms with Crippen LogP contribution in [-0.4, -0.2) is 11.9 Å². The Hall–Kier alpha value is -0.830. The van der Waals surface area contributed by atoms with E-state index in [9.17, 15) is 4.79 Å². The van der Waals surface area contributed by atoms with Gasteiger partial charge in [0.2, 0.25) is 0 Å². The number of carbonyl (C=O) groups excluding carboxylic acids is 1.